The molecule has 0 aliphatic rings. The first-order chi connectivity index (χ1) is 8.22. The standard InChI is InChI=1S/C13H18BrNO2/c1-3-15(9-8-14)13(16)10-11-6-4-5-7-12(11)17-2/h4-7H,3,8-10H2,1-2H3. The van der Waals surface area contributed by atoms with E-state index in [9.17, 15) is 4.79 Å². The Hall–Kier alpha value is -1.03. The normalized spacial score (nSPS) is 10.1. The molecule has 0 atom stereocenters. The molecule has 0 saturated carbocycles. The minimum absolute atomic E-state index is 0.136. The number of carbonyl (C=O) groups excluding carboxylic acids is 1. The lowest BCUT2D eigenvalue weighted by Crippen LogP contribution is -2.33. The fourth-order valence-electron chi connectivity index (χ4n) is 1.68. The number of hydrogen-bond donors (Lipinski definition) is 0. The van der Waals surface area contributed by atoms with Crippen LogP contribution in [0.15, 0.2) is 24.3 Å². The molecule has 1 aromatic rings. The van der Waals surface area contributed by atoms with Crippen LogP contribution in [0.5, 0.6) is 5.75 Å². The highest BCUT2D eigenvalue weighted by molar-refractivity contribution is 9.09. The van der Waals surface area contributed by atoms with Gasteiger partial charge in [0.2, 0.25) is 5.91 Å². The molecule has 0 heterocycles. The van der Waals surface area contributed by atoms with E-state index in [1.807, 2.05) is 36.1 Å². The number of carbonyl (C=O) groups is 1. The van der Waals surface area contributed by atoms with Crippen molar-refractivity contribution in [1.82, 2.24) is 4.90 Å². The van der Waals surface area contributed by atoms with E-state index in [1.54, 1.807) is 7.11 Å². The smallest absolute Gasteiger partial charge is 0.227 e. The summed E-state index contributed by atoms with van der Waals surface area (Å²) in [6, 6.07) is 7.64. The van der Waals surface area contributed by atoms with Gasteiger partial charge in [0.25, 0.3) is 0 Å². The van der Waals surface area contributed by atoms with E-state index in [-0.39, 0.29) is 5.91 Å². The highest BCUT2D eigenvalue weighted by Crippen LogP contribution is 2.18. The Morgan fingerprint density at radius 3 is 2.71 bits per heavy atom. The Labute approximate surface area is 111 Å². The fourth-order valence-corrected chi connectivity index (χ4v) is 2.11. The van der Waals surface area contributed by atoms with Gasteiger partial charge in [-0.25, -0.2) is 0 Å². The molecule has 0 unspecified atom stereocenters. The minimum atomic E-state index is 0.136. The molecular weight excluding hydrogens is 282 g/mol. The number of alkyl halides is 1. The Kier molecular flexibility index (Phi) is 6.05. The number of amides is 1. The van der Waals surface area contributed by atoms with Crippen LogP contribution < -0.4 is 4.74 Å². The summed E-state index contributed by atoms with van der Waals surface area (Å²) in [5.41, 5.74) is 0.938. The average Bonchev–Trinajstić information content (AvgIpc) is 2.36. The van der Waals surface area contributed by atoms with E-state index < -0.39 is 0 Å². The number of rotatable bonds is 6. The number of likely N-dealkylation sites (N-methyl/N-ethyl adjacent to an activating group) is 1. The van der Waals surface area contributed by atoms with Crippen LogP contribution in [0.4, 0.5) is 0 Å². The molecule has 0 fully saturated rings. The molecular formula is C13H18BrNO2. The Balaban J connectivity index is 2.72. The van der Waals surface area contributed by atoms with E-state index in [1.165, 1.54) is 0 Å². The third kappa shape index (κ3) is 4.04. The lowest BCUT2D eigenvalue weighted by atomic mass is 10.1. The lowest BCUT2D eigenvalue weighted by Gasteiger charge is -2.20. The molecule has 0 spiro atoms. The Morgan fingerprint density at radius 2 is 2.12 bits per heavy atom. The molecule has 0 radical (unpaired) electrons. The van der Waals surface area contributed by atoms with Crippen LogP contribution in [0.2, 0.25) is 0 Å². The van der Waals surface area contributed by atoms with Crippen LogP contribution in [0, 0.1) is 0 Å². The summed E-state index contributed by atoms with van der Waals surface area (Å²) in [6.07, 6.45) is 0.394. The topological polar surface area (TPSA) is 29.5 Å². The maximum absolute atomic E-state index is 12.1. The van der Waals surface area contributed by atoms with Crippen molar-refractivity contribution in [3.8, 4) is 5.75 Å². The first-order valence-electron chi connectivity index (χ1n) is 5.68. The number of nitrogens with zero attached hydrogens (tertiary/aromatic N) is 1. The van der Waals surface area contributed by atoms with Gasteiger partial charge in [-0.15, -0.1) is 0 Å². The molecule has 94 valence electrons. The highest BCUT2D eigenvalue weighted by atomic mass is 79.9. The molecule has 1 amide bonds. The molecule has 4 heteroatoms. The summed E-state index contributed by atoms with van der Waals surface area (Å²) in [4.78, 5) is 13.9. The van der Waals surface area contributed by atoms with Crippen molar-refractivity contribution in [3.63, 3.8) is 0 Å². The number of hydrogen-bond acceptors (Lipinski definition) is 2. The monoisotopic (exact) mass is 299 g/mol. The summed E-state index contributed by atoms with van der Waals surface area (Å²) in [5, 5.41) is 0.804. The zero-order valence-electron chi connectivity index (χ0n) is 10.3. The number of ether oxygens (including phenoxy) is 1. The predicted octanol–water partition coefficient (Wildman–Crippen LogP) is 2.48. The Bertz CT molecular complexity index is 368. The zero-order chi connectivity index (χ0) is 12.7. The summed E-state index contributed by atoms with van der Waals surface area (Å²) in [5.74, 6) is 0.909. The van der Waals surface area contributed by atoms with Gasteiger partial charge in [-0.1, -0.05) is 34.1 Å². The third-order valence-corrected chi connectivity index (χ3v) is 2.98. The molecule has 3 nitrogen and oxygen atoms in total. The quantitative estimate of drug-likeness (QED) is 0.755. The predicted molar refractivity (Wildman–Crippen MR) is 72.7 cm³/mol. The highest BCUT2D eigenvalue weighted by Gasteiger charge is 2.13. The van der Waals surface area contributed by atoms with Crippen molar-refractivity contribution in [3.05, 3.63) is 29.8 Å². The molecule has 0 N–H and O–H groups in total. The fraction of sp³-hybridized carbons (Fsp3) is 0.462. The third-order valence-electron chi connectivity index (χ3n) is 2.62. The van der Waals surface area contributed by atoms with Crippen molar-refractivity contribution in [2.75, 3.05) is 25.5 Å². The zero-order valence-corrected chi connectivity index (χ0v) is 11.9. The molecule has 0 bridgehead atoms. The van der Waals surface area contributed by atoms with Crippen LogP contribution in [0.1, 0.15) is 12.5 Å². The van der Waals surface area contributed by atoms with Gasteiger partial charge in [-0.3, -0.25) is 4.79 Å². The van der Waals surface area contributed by atoms with E-state index in [0.717, 1.165) is 29.7 Å². The molecule has 0 aromatic heterocycles. The lowest BCUT2D eigenvalue weighted by molar-refractivity contribution is -0.130. The maximum Gasteiger partial charge on any atom is 0.227 e. The largest absolute Gasteiger partial charge is 0.496 e. The van der Waals surface area contributed by atoms with Gasteiger partial charge < -0.3 is 9.64 Å². The van der Waals surface area contributed by atoms with Gasteiger partial charge in [0.15, 0.2) is 0 Å². The van der Waals surface area contributed by atoms with Gasteiger partial charge in [0.1, 0.15) is 5.75 Å². The van der Waals surface area contributed by atoms with Crippen molar-refractivity contribution in [1.29, 1.82) is 0 Å². The number of halogens is 1. The van der Waals surface area contributed by atoms with Crippen LogP contribution in [-0.4, -0.2) is 36.3 Å². The molecule has 1 aromatic carbocycles. The molecule has 0 saturated heterocycles. The van der Waals surface area contributed by atoms with Crippen molar-refractivity contribution >= 4 is 21.8 Å². The number of para-hydroxylation sites is 1. The van der Waals surface area contributed by atoms with Crippen LogP contribution in [0.3, 0.4) is 0 Å². The van der Waals surface area contributed by atoms with Crippen molar-refractivity contribution in [2.45, 2.75) is 13.3 Å². The first-order valence-corrected chi connectivity index (χ1v) is 6.80. The van der Waals surface area contributed by atoms with E-state index in [4.69, 9.17) is 4.74 Å². The first kappa shape index (κ1) is 14.0. The Morgan fingerprint density at radius 1 is 1.41 bits per heavy atom. The summed E-state index contributed by atoms with van der Waals surface area (Å²) in [6.45, 7) is 3.47. The number of benzene rings is 1. The van der Waals surface area contributed by atoms with Crippen molar-refractivity contribution < 1.29 is 9.53 Å². The van der Waals surface area contributed by atoms with E-state index in [2.05, 4.69) is 15.9 Å². The molecule has 0 aliphatic heterocycles. The molecule has 1 rings (SSSR count). The van der Waals surface area contributed by atoms with Gasteiger partial charge in [0.05, 0.1) is 13.5 Å². The maximum atomic E-state index is 12.1. The van der Waals surface area contributed by atoms with Gasteiger partial charge >= 0.3 is 0 Å². The SMILES string of the molecule is CCN(CCBr)C(=O)Cc1ccccc1OC. The summed E-state index contributed by atoms with van der Waals surface area (Å²) < 4.78 is 5.24. The van der Waals surface area contributed by atoms with Gasteiger partial charge in [-0.05, 0) is 13.0 Å². The second-order valence-corrected chi connectivity index (χ2v) is 4.44. The average molecular weight is 300 g/mol. The van der Waals surface area contributed by atoms with Crippen molar-refractivity contribution in [2.24, 2.45) is 0 Å². The van der Waals surface area contributed by atoms with Gasteiger partial charge in [-0.2, -0.15) is 0 Å². The van der Waals surface area contributed by atoms with Crippen LogP contribution in [0.25, 0.3) is 0 Å². The number of methoxy groups -OCH3 is 1. The molecule has 17 heavy (non-hydrogen) atoms. The van der Waals surface area contributed by atoms with Crippen LogP contribution >= 0.6 is 15.9 Å². The minimum Gasteiger partial charge on any atom is -0.496 e. The summed E-state index contributed by atoms with van der Waals surface area (Å²) in [7, 11) is 1.62. The second-order valence-electron chi connectivity index (χ2n) is 3.65. The van der Waals surface area contributed by atoms with Gasteiger partial charge in [0, 0.05) is 24.0 Å². The second kappa shape index (κ2) is 7.33. The van der Waals surface area contributed by atoms with E-state index >= 15 is 0 Å². The van der Waals surface area contributed by atoms with E-state index in [0.29, 0.717) is 6.42 Å². The summed E-state index contributed by atoms with van der Waals surface area (Å²) >= 11 is 3.35. The van der Waals surface area contributed by atoms with Crippen LogP contribution in [-0.2, 0) is 11.2 Å². The molecule has 0 aliphatic carbocycles.